The molecule has 1 N–H and O–H groups in total. The van der Waals surface area contributed by atoms with Crippen LogP contribution in [0, 0.1) is 5.82 Å². The molecule has 0 bridgehead atoms. The molecule has 0 saturated heterocycles. The lowest BCUT2D eigenvalue weighted by molar-refractivity contribution is -0.115. The number of nitrogens with zero attached hydrogens (tertiary/aromatic N) is 3. The maximum Gasteiger partial charge on any atom is 0.277 e. The Kier molecular flexibility index (Phi) is 6.54. The van der Waals surface area contributed by atoms with E-state index in [9.17, 15) is 17.6 Å². The number of carbonyl (C=O) groups excluding carboxylic acids is 1. The Morgan fingerprint density at radius 2 is 1.90 bits per heavy atom. The predicted molar refractivity (Wildman–Crippen MR) is 111 cm³/mol. The van der Waals surface area contributed by atoms with E-state index in [-0.39, 0.29) is 27.5 Å². The van der Waals surface area contributed by atoms with E-state index < -0.39 is 21.1 Å². The fourth-order valence-corrected chi connectivity index (χ4v) is 4.03. The van der Waals surface area contributed by atoms with E-state index in [2.05, 4.69) is 15.5 Å². The van der Waals surface area contributed by atoms with Gasteiger partial charge in [0.15, 0.2) is 0 Å². The van der Waals surface area contributed by atoms with E-state index in [4.69, 9.17) is 4.42 Å². The van der Waals surface area contributed by atoms with Gasteiger partial charge in [0.1, 0.15) is 5.82 Å². The number of benzene rings is 2. The second kappa shape index (κ2) is 8.94. The van der Waals surface area contributed by atoms with Crippen LogP contribution in [0.25, 0.3) is 11.5 Å². The lowest BCUT2D eigenvalue weighted by atomic mass is 10.2. The van der Waals surface area contributed by atoms with Gasteiger partial charge in [-0.05, 0) is 37.3 Å². The fourth-order valence-electron chi connectivity index (χ4n) is 2.39. The number of hydrogen-bond donors (Lipinski definition) is 1. The van der Waals surface area contributed by atoms with Crippen LogP contribution in [0.3, 0.4) is 0 Å². The van der Waals surface area contributed by atoms with Crippen molar-refractivity contribution in [3.63, 3.8) is 0 Å². The van der Waals surface area contributed by atoms with Crippen LogP contribution in [0.4, 0.5) is 10.1 Å². The number of thioether (sulfide) groups is 1. The molecule has 158 valence electrons. The molecule has 1 aromatic heterocycles. The summed E-state index contributed by atoms with van der Waals surface area (Å²) in [7, 11) is -0.759. The molecule has 0 spiro atoms. The third-order valence-electron chi connectivity index (χ3n) is 4.04. The second-order valence-corrected chi connectivity index (χ2v) is 9.86. The molecule has 3 rings (SSSR count). The largest absolute Gasteiger partial charge is 0.411 e. The molecular weight excluding hydrogens is 431 g/mol. The summed E-state index contributed by atoms with van der Waals surface area (Å²) in [5, 5.41) is 9.81. The minimum atomic E-state index is -3.62. The molecule has 0 aliphatic rings. The molecule has 0 aliphatic heterocycles. The molecule has 1 heterocycles. The van der Waals surface area contributed by atoms with Crippen molar-refractivity contribution in [3.8, 4) is 11.5 Å². The molecule has 0 saturated carbocycles. The molecular formula is C19H19FN4O4S2. The van der Waals surface area contributed by atoms with E-state index in [0.29, 0.717) is 5.69 Å². The summed E-state index contributed by atoms with van der Waals surface area (Å²) < 4.78 is 44.9. The van der Waals surface area contributed by atoms with Crippen LogP contribution in [0.1, 0.15) is 6.92 Å². The Balaban J connectivity index is 1.68. The molecule has 0 radical (unpaired) electrons. The van der Waals surface area contributed by atoms with Crippen molar-refractivity contribution in [2.75, 3.05) is 19.4 Å². The van der Waals surface area contributed by atoms with E-state index >= 15 is 0 Å². The molecule has 1 unspecified atom stereocenters. The summed E-state index contributed by atoms with van der Waals surface area (Å²) in [4.78, 5) is 12.6. The molecule has 2 aromatic carbocycles. The maximum absolute atomic E-state index is 13.8. The van der Waals surface area contributed by atoms with Crippen LogP contribution in [0.15, 0.2) is 63.1 Å². The molecule has 0 aliphatic carbocycles. The fraction of sp³-hybridized carbons (Fsp3) is 0.211. The van der Waals surface area contributed by atoms with Crippen molar-refractivity contribution < 1.29 is 22.0 Å². The van der Waals surface area contributed by atoms with Gasteiger partial charge in [-0.1, -0.05) is 30.0 Å². The summed E-state index contributed by atoms with van der Waals surface area (Å²) in [5.74, 6) is -0.856. The normalized spacial score (nSPS) is 12.7. The molecule has 8 nitrogen and oxygen atoms in total. The summed E-state index contributed by atoms with van der Waals surface area (Å²) in [6, 6.07) is 12.0. The smallest absolute Gasteiger partial charge is 0.277 e. The average Bonchev–Trinajstić information content (AvgIpc) is 3.16. The van der Waals surface area contributed by atoms with Gasteiger partial charge in [0, 0.05) is 19.8 Å². The first-order chi connectivity index (χ1) is 14.2. The van der Waals surface area contributed by atoms with Crippen molar-refractivity contribution in [1.29, 1.82) is 0 Å². The van der Waals surface area contributed by atoms with Crippen molar-refractivity contribution in [2.45, 2.75) is 22.3 Å². The highest BCUT2D eigenvalue weighted by Gasteiger charge is 2.21. The Morgan fingerprint density at radius 1 is 1.17 bits per heavy atom. The number of anilines is 1. The van der Waals surface area contributed by atoms with Crippen LogP contribution >= 0.6 is 11.8 Å². The van der Waals surface area contributed by atoms with Crippen molar-refractivity contribution in [3.05, 3.63) is 54.3 Å². The van der Waals surface area contributed by atoms with Gasteiger partial charge in [-0.25, -0.2) is 17.1 Å². The van der Waals surface area contributed by atoms with Gasteiger partial charge in [0.25, 0.3) is 11.1 Å². The Hall–Kier alpha value is -2.76. The van der Waals surface area contributed by atoms with Crippen LogP contribution in [-0.4, -0.2) is 48.2 Å². The highest BCUT2D eigenvalue weighted by atomic mass is 32.2. The monoisotopic (exact) mass is 450 g/mol. The number of hydrogen-bond acceptors (Lipinski definition) is 7. The average molecular weight is 451 g/mol. The number of carbonyl (C=O) groups is 1. The van der Waals surface area contributed by atoms with Gasteiger partial charge in [0.2, 0.25) is 15.9 Å². The summed E-state index contributed by atoms with van der Waals surface area (Å²) in [6.45, 7) is 1.63. The van der Waals surface area contributed by atoms with E-state index in [1.54, 1.807) is 31.2 Å². The van der Waals surface area contributed by atoms with Gasteiger partial charge < -0.3 is 9.73 Å². The first-order valence-corrected chi connectivity index (χ1v) is 11.1. The molecule has 3 aromatic rings. The lowest BCUT2D eigenvalue weighted by Crippen LogP contribution is -2.24. The van der Waals surface area contributed by atoms with Gasteiger partial charge in [0.05, 0.1) is 15.7 Å². The van der Waals surface area contributed by atoms with Crippen LogP contribution in [0.5, 0.6) is 0 Å². The van der Waals surface area contributed by atoms with Gasteiger partial charge in [-0.3, -0.25) is 4.79 Å². The molecule has 30 heavy (non-hydrogen) atoms. The zero-order valence-electron chi connectivity index (χ0n) is 16.4. The number of rotatable bonds is 7. The van der Waals surface area contributed by atoms with Gasteiger partial charge in [-0.15, -0.1) is 10.2 Å². The SMILES string of the molecule is CC(Sc1nnc(-c2ccccc2F)o1)C(=O)Nc1cccc(S(=O)(=O)N(C)C)c1. The number of nitrogens with one attached hydrogen (secondary N) is 1. The van der Waals surface area contributed by atoms with Crippen molar-refractivity contribution in [1.82, 2.24) is 14.5 Å². The second-order valence-electron chi connectivity index (χ2n) is 6.42. The third-order valence-corrected chi connectivity index (χ3v) is 6.78. The van der Waals surface area contributed by atoms with Gasteiger partial charge in [-0.2, -0.15) is 0 Å². The number of aromatic nitrogens is 2. The standard InChI is InChI=1S/C19H19FN4O4S2/c1-12(29-19-23-22-18(28-19)15-9-4-5-10-16(15)20)17(25)21-13-7-6-8-14(11-13)30(26,27)24(2)3/h4-12H,1-3H3,(H,21,25). The zero-order chi connectivity index (χ0) is 21.9. The van der Waals surface area contributed by atoms with Crippen LogP contribution in [-0.2, 0) is 14.8 Å². The van der Waals surface area contributed by atoms with E-state index in [1.165, 1.54) is 38.4 Å². The molecule has 0 fully saturated rings. The molecule has 11 heteroatoms. The van der Waals surface area contributed by atoms with E-state index in [1.807, 2.05) is 0 Å². The predicted octanol–water partition coefficient (Wildman–Crippen LogP) is 3.25. The van der Waals surface area contributed by atoms with Crippen LogP contribution in [0.2, 0.25) is 0 Å². The highest BCUT2D eigenvalue weighted by Crippen LogP contribution is 2.28. The third kappa shape index (κ3) is 4.86. The van der Waals surface area contributed by atoms with Crippen LogP contribution < -0.4 is 5.32 Å². The number of sulfonamides is 1. The minimum Gasteiger partial charge on any atom is -0.411 e. The first kappa shape index (κ1) is 21.9. The quantitative estimate of drug-likeness (QED) is 0.551. The first-order valence-electron chi connectivity index (χ1n) is 8.77. The van der Waals surface area contributed by atoms with E-state index in [0.717, 1.165) is 16.1 Å². The summed E-state index contributed by atoms with van der Waals surface area (Å²) in [6.07, 6.45) is 0. The van der Waals surface area contributed by atoms with Crippen molar-refractivity contribution >= 4 is 33.4 Å². The Labute approximate surface area is 177 Å². The molecule has 1 atom stereocenters. The Morgan fingerprint density at radius 3 is 2.60 bits per heavy atom. The summed E-state index contributed by atoms with van der Waals surface area (Å²) >= 11 is 1.01. The summed E-state index contributed by atoms with van der Waals surface area (Å²) in [5.41, 5.74) is 0.515. The number of halogens is 1. The zero-order valence-corrected chi connectivity index (χ0v) is 18.0. The number of amides is 1. The van der Waals surface area contributed by atoms with Gasteiger partial charge >= 0.3 is 0 Å². The molecule has 1 amide bonds. The topological polar surface area (TPSA) is 105 Å². The maximum atomic E-state index is 13.8. The minimum absolute atomic E-state index is 0.0183. The highest BCUT2D eigenvalue weighted by molar-refractivity contribution is 8.00. The lowest BCUT2D eigenvalue weighted by Gasteiger charge is -2.14. The van der Waals surface area contributed by atoms with Crippen molar-refractivity contribution in [2.24, 2.45) is 0 Å². The Bertz CT molecular complexity index is 1160.